The predicted octanol–water partition coefficient (Wildman–Crippen LogP) is 2.27. The first kappa shape index (κ1) is 21.9. The summed E-state index contributed by atoms with van der Waals surface area (Å²) in [7, 11) is -2.45. The zero-order valence-corrected chi connectivity index (χ0v) is 17.2. The Labute approximate surface area is 165 Å². The summed E-state index contributed by atoms with van der Waals surface area (Å²) >= 11 is 0. The van der Waals surface area contributed by atoms with Crippen molar-refractivity contribution in [3.63, 3.8) is 0 Å². The van der Waals surface area contributed by atoms with Gasteiger partial charge < -0.3 is 15.2 Å². The molecule has 0 spiro atoms. The van der Waals surface area contributed by atoms with Crippen molar-refractivity contribution in [1.82, 2.24) is 4.72 Å². The topological polar surface area (TPSA) is 105 Å². The number of aliphatic hydroxyl groups excluding tert-OH is 1. The summed E-state index contributed by atoms with van der Waals surface area (Å²) in [5.74, 6) is -0.0429. The van der Waals surface area contributed by atoms with Gasteiger partial charge in [0.05, 0.1) is 18.6 Å². The van der Waals surface area contributed by atoms with E-state index in [0.717, 1.165) is 5.56 Å². The summed E-state index contributed by atoms with van der Waals surface area (Å²) in [6, 6.07) is 11.7. The molecule has 2 aromatic rings. The molecule has 0 unspecified atom stereocenters. The molecule has 0 heterocycles. The van der Waals surface area contributed by atoms with Gasteiger partial charge in [-0.2, -0.15) is 4.72 Å². The molecule has 3 N–H and O–H groups in total. The van der Waals surface area contributed by atoms with E-state index in [4.69, 9.17) is 4.74 Å². The van der Waals surface area contributed by atoms with Gasteiger partial charge in [0.2, 0.25) is 15.9 Å². The van der Waals surface area contributed by atoms with Crippen LogP contribution in [0, 0.1) is 0 Å². The highest BCUT2D eigenvalue weighted by molar-refractivity contribution is 7.89. The molecule has 152 valence electrons. The van der Waals surface area contributed by atoms with Crippen molar-refractivity contribution in [3.05, 3.63) is 54.1 Å². The Hall–Kier alpha value is -2.42. The molecule has 0 bridgehead atoms. The van der Waals surface area contributed by atoms with Crippen molar-refractivity contribution in [3.8, 4) is 5.75 Å². The molecule has 0 aliphatic carbocycles. The van der Waals surface area contributed by atoms with Crippen LogP contribution in [0.15, 0.2) is 53.4 Å². The van der Waals surface area contributed by atoms with E-state index in [1.165, 1.54) is 19.2 Å². The van der Waals surface area contributed by atoms with Crippen molar-refractivity contribution in [1.29, 1.82) is 0 Å². The third-order valence-corrected chi connectivity index (χ3v) is 5.67. The largest absolute Gasteiger partial charge is 0.497 e. The lowest BCUT2D eigenvalue weighted by Gasteiger charge is -2.20. The van der Waals surface area contributed by atoms with E-state index in [1.54, 1.807) is 36.4 Å². The average Bonchev–Trinajstić information content (AvgIpc) is 2.66. The molecule has 0 aromatic heterocycles. The Morgan fingerprint density at radius 1 is 1.07 bits per heavy atom. The number of nitrogens with one attached hydrogen (secondary N) is 2. The lowest BCUT2D eigenvalue weighted by molar-refractivity contribution is -0.118. The van der Waals surface area contributed by atoms with Crippen molar-refractivity contribution in [2.45, 2.75) is 37.1 Å². The Morgan fingerprint density at radius 2 is 1.64 bits per heavy atom. The van der Waals surface area contributed by atoms with Gasteiger partial charge in [-0.15, -0.1) is 0 Å². The summed E-state index contributed by atoms with van der Waals surface area (Å²) < 4.78 is 32.5. The van der Waals surface area contributed by atoms with E-state index < -0.39 is 28.6 Å². The van der Waals surface area contributed by atoms with Gasteiger partial charge in [-0.25, -0.2) is 8.42 Å². The number of rotatable bonds is 7. The Morgan fingerprint density at radius 3 is 2.11 bits per heavy atom. The molecule has 2 aromatic carbocycles. The van der Waals surface area contributed by atoms with Crippen LogP contribution in [0.5, 0.6) is 5.75 Å². The maximum atomic E-state index is 12.6. The number of carbonyl (C=O) groups is 1. The number of benzene rings is 2. The fourth-order valence-electron chi connectivity index (χ4n) is 2.47. The van der Waals surface area contributed by atoms with Crippen LogP contribution in [-0.2, 0) is 20.2 Å². The second kappa shape index (κ2) is 8.72. The van der Waals surface area contributed by atoms with Gasteiger partial charge in [0.15, 0.2) is 0 Å². The van der Waals surface area contributed by atoms with Gasteiger partial charge in [0.1, 0.15) is 11.8 Å². The standard InChI is InChI=1S/C20H26N2O5S/c1-20(2,3)14-5-11-17(12-6-14)28(25,26)22-18(13-23)19(24)21-15-7-9-16(27-4)10-8-15/h5-12,18,22-23H,13H2,1-4H3,(H,21,24)/t18-/m0/s1. The van der Waals surface area contributed by atoms with E-state index in [2.05, 4.69) is 10.0 Å². The molecule has 8 heteroatoms. The molecular formula is C20H26N2O5S. The summed E-state index contributed by atoms with van der Waals surface area (Å²) in [5.41, 5.74) is 1.34. The number of carbonyl (C=O) groups excluding carboxylic acids is 1. The highest BCUT2D eigenvalue weighted by Crippen LogP contribution is 2.23. The highest BCUT2D eigenvalue weighted by Gasteiger charge is 2.26. The third kappa shape index (κ3) is 5.54. The molecule has 28 heavy (non-hydrogen) atoms. The minimum Gasteiger partial charge on any atom is -0.497 e. The number of amides is 1. The minimum atomic E-state index is -3.97. The van der Waals surface area contributed by atoms with Crippen molar-refractivity contribution in [2.24, 2.45) is 0 Å². The van der Waals surface area contributed by atoms with Crippen LogP contribution in [0.3, 0.4) is 0 Å². The average molecular weight is 407 g/mol. The second-order valence-electron chi connectivity index (χ2n) is 7.35. The molecular weight excluding hydrogens is 380 g/mol. The van der Waals surface area contributed by atoms with Crippen LogP contribution in [-0.4, -0.2) is 39.2 Å². The molecule has 1 amide bonds. The molecule has 0 aliphatic rings. The second-order valence-corrected chi connectivity index (χ2v) is 9.06. The number of methoxy groups -OCH3 is 1. The number of hydrogen-bond donors (Lipinski definition) is 3. The molecule has 2 rings (SSSR count). The Balaban J connectivity index is 2.12. The summed E-state index contributed by atoms with van der Waals surface area (Å²) in [5, 5.41) is 12.1. The van der Waals surface area contributed by atoms with Gasteiger partial charge >= 0.3 is 0 Å². The van der Waals surface area contributed by atoms with E-state index >= 15 is 0 Å². The van der Waals surface area contributed by atoms with Gasteiger partial charge in [-0.1, -0.05) is 32.9 Å². The minimum absolute atomic E-state index is 0.0243. The van der Waals surface area contributed by atoms with Gasteiger partial charge in [0.25, 0.3) is 0 Å². The SMILES string of the molecule is COc1ccc(NC(=O)[C@H](CO)NS(=O)(=O)c2ccc(C(C)(C)C)cc2)cc1. The quantitative estimate of drug-likeness (QED) is 0.654. The molecule has 0 aliphatic heterocycles. The summed E-state index contributed by atoms with van der Waals surface area (Å²) in [6.45, 7) is 5.40. The van der Waals surface area contributed by atoms with Crippen LogP contribution < -0.4 is 14.8 Å². The highest BCUT2D eigenvalue weighted by atomic mass is 32.2. The van der Waals surface area contributed by atoms with Crippen molar-refractivity contribution < 1.29 is 23.1 Å². The number of anilines is 1. The fraction of sp³-hybridized carbons (Fsp3) is 0.350. The molecule has 0 fully saturated rings. The first-order chi connectivity index (χ1) is 13.1. The molecule has 1 atom stereocenters. The first-order valence-electron chi connectivity index (χ1n) is 8.75. The van der Waals surface area contributed by atoms with E-state index in [-0.39, 0.29) is 10.3 Å². The lowest BCUT2D eigenvalue weighted by Crippen LogP contribution is -2.46. The van der Waals surface area contributed by atoms with Gasteiger partial charge in [-0.3, -0.25) is 4.79 Å². The predicted molar refractivity (Wildman–Crippen MR) is 108 cm³/mol. The van der Waals surface area contributed by atoms with Crippen LogP contribution in [0.2, 0.25) is 0 Å². The van der Waals surface area contributed by atoms with Gasteiger partial charge in [-0.05, 0) is 47.4 Å². The summed E-state index contributed by atoms with van der Waals surface area (Å²) in [4.78, 5) is 12.4. The van der Waals surface area contributed by atoms with Crippen LogP contribution in [0.1, 0.15) is 26.3 Å². The zero-order valence-electron chi connectivity index (χ0n) is 16.4. The van der Waals surface area contributed by atoms with E-state index in [9.17, 15) is 18.3 Å². The van der Waals surface area contributed by atoms with Crippen LogP contribution in [0.25, 0.3) is 0 Å². The summed E-state index contributed by atoms with van der Waals surface area (Å²) in [6.07, 6.45) is 0. The molecule has 0 saturated heterocycles. The Bertz CT molecular complexity index is 901. The molecule has 7 nitrogen and oxygen atoms in total. The number of ether oxygens (including phenoxy) is 1. The van der Waals surface area contributed by atoms with Gasteiger partial charge in [0, 0.05) is 5.69 Å². The van der Waals surface area contributed by atoms with Crippen molar-refractivity contribution >= 4 is 21.6 Å². The lowest BCUT2D eigenvalue weighted by atomic mass is 9.87. The van der Waals surface area contributed by atoms with Crippen molar-refractivity contribution in [2.75, 3.05) is 19.0 Å². The molecule has 0 saturated carbocycles. The maximum Gasteiger partial charge on any atom is 0.244 e. The number of hydrogen-bond acceptors (Lipinski definition) is 5. The maximum absolute atomic E-state index is 12.6. The monoisotopic (exact) mass is 406 g/mol. The van der Waals surface area contributed by atoms with E-state index in [1.807, 2.05) is 20.8 Å². The molecule has 0 radical (unpaired) electrons. The van der Waals surface area contributed by atoms with E-state index in [0.29, 0.717) is 11.4 Å². The first-order valence-corrected chi connectivity index (χ1v) is 10.2. The Kier molecular flexibility index (Phi) is 6.82. The normalized spacial score (nSPS) is 13.0. The number of aliphatic hydroxyl groups is 1. The third-order valence-electron chi connectivity index (χ3n) is 4.18. The fourth-order valence-corrected chi connectivity index (χ4v) is 3.65. The van der Waals surface area contributed by atoms with Crippen LogP contribution in [0.4, 0.5) is 5.69 Å². The zero-order chi connectivity index (χ0) is 20.9. The number of sulfonamides is 1. The van der Waals surface area contributed by atoms with Crippen LogP contribution >= 0.6 is 0 Å². The smallest absolute Gasteiger partial charge is 0.244 e.